The second-order valence-electron chi connectivity index (χ2n) is 1.35. The Kier molecular flexibility index (Phi) is 6.25. The molecule has 0 saturated heterocycles. The van der Waals surface area contributed by atoms with Crippen LogP contribution in [0.3, 0.4) is 0 Å². The summed E-state index contributed by atoms with van der Waals surface area (Å²) in [6, 6.07) is 0. The molecule has 0 radical (unpaired) electrons. The monoisotopic (exact) mass is 229 g/mol. The molecular weight excluding hydrogens is 217 g/mol. The SMILES string of the molecule is CCN(CC)OCI. The van der Waals surface area contributed by atoms with E-state index in [4.69, 9.17) is 4.84 Å². The lowest BCUT2D eigenvalue weighted by Gasteiger charge is -2.14. The van der Waals surface area contributed by atoms with Crippen LogP contribution in [0.5, 0.6) is 0 Å². The summed E-state index contributed by atoms with van der Waals surface area (Å²) >= 11 is 2.19. The first-order valence-corrected chi connectivity index (χ1v) is 4.31. The van der Waals surface area contributed by atoms with Crippen LogP contribution in [0, 0.1) is 0 Å². The third-order valence-corrected chi connectivity index (χ3v) is 1.22. The lowest BCUT2D eigenvalue weighted by Crippen LogP contribution is -2.22. The van der Waals surface area contributed by atoms with Gasteiger partial charge in [-0.15, -0.1) is 0 Å². The summed E-state index contributed by atoms with van der Waals surface area (Å²) in [5.41, 5.74) is 0. The van der Waals surface area contributed by atoms with Gasteiger partial charge in [0.15, 0.2) is 0 Å². The van der Waals surface area contributed by atoms with Gasteiger partial charge in [-0.2, -0.15) is 5.06 Å². The van der Waals surface area contributed by atoms with E-state index in [1.54, 1.807) is 0 Å². The van der Waals surface area contributed by atoms with Crippen molar-refractivity contribution in [2.75, 3.05) is 17.7 Å². The molecule has 8 heavy (non-hydrogen) atoms. The van der Waals surface area contributed by atoms with Gasteiger partial charge in [-0.05, 0) is 0 Å². The normalized spacial score (nSPS) is 10.5. The third kappa shape index (κ3) is 3.63. The molecule has 0 aromatic rings. The molecule has 0 bridgehead atoms. The topological polar surface area (TPSA) is 12.5 Å². The predicted molar refractivity (Wildman–Crippen MR) is 42.9 cm³/mol. The van der Waals surface area contributed by atoms with Gasteiger partial charge in [0.1, 0.15) is 4.61 Å². The van der Waals surface area contributed by atoms with E-state index in [1.807, 2.05) is 5.06 Å². The number of halogens is 1. The first-order valence-electron chi connectivity index (χ1n) is 2.79. The maximum atomic E-state index is 5.16. The molecular formula is C5H12INO. The molecule has 50 valence electrons. The fourth-order valence-electron chi connectivity index (χ4n) is 0.475. The van der Waals surface area contributed by atoms with E-state index < -0.39 is 0 Å². The molecule has 0 fully saturated rings. The second-order valence-corrected chi connectivity index (χ2v) is 1.98. The van der Waals surface area contributed by atoms with Crippen molar-refractivity contribution in [2.24, 2.45) is 0 Å². The number of hydroxylamine groups is 2. The number of nitrogens with zero attached hydrogens (tertiary/aromatic N) is 1. The van der Waals surface area contributed by atoms with Gasteiger partial charge in [-0.25, -0.2) is 0 Å². The largest absolute Gasteiger partial charge is 0.288 e. The second kappa shape index (κ2) is 5.78. The van der Waals surface area contributed by atoms with Gasteiger partial charge in [0.25, 0.3) is 0 Å². The van der Waals surface area contributed by atoms with Gasteiger partial charge in [-0.3, -0.25) is 4.84 Å². The summed E-state index contributed by atoms with van der Waals surface area (Å²) in [5, 5.41) is 1.92. The Morgan fingerprint density at radius 2 is 1.88 bits per heavy atom. The van der Waals surface area contributed by atoms with E-state index in [-0.39, 0.29) is 0 Å². The highest BCUT2D eigenvalue weighted by Crippen LogP contribution is 1.91. The van der Waals surface area contributed by atoms with E-state index >= 15 is 0 Å². The van der Waals surface area contributed by atoms with Crippen LogP contribution < -0.4 is 0 Å². The first kappa shape index (κ1) is 8.65. The lowest BCUT2D eigenvalue weighted by molar-refractivity contribution is -0.127. The van der Waals surface area contributed by atoms with Crippen molar-refractivity contribution >= 4 is 22.6 Å². The minimum Gasteiger partial charge on any atom is -0.288 e. The summed E-state index contributed by atoms with van der Waals surface area (Å²) in [5.74, 6) is 0. The summed E-state index contributed by atoms with van der Waals surface area (Å²) in [4.78, 5) is 5.16. The summed E-state index contributed by atoms with van der Waals surface area (Å²) in [6.07, 6.45) is 0. The number of hydrogen-bond donors (Lipinski definition) is 0. The molecule has 0 aliphatic carbocycles. The molecule has 0 unspecified atom stereocenters. The molecule has 0 aromatic heterocycles. The van der Waals surface area contributed by atoms with Crippen LogP contribution in [0.1, 0.15) is 13.8 Å². The van der Waals surface area contributed by atoms with Gasteiger partial charge in [0.05, 0.1) is 0 Å². The average molecular weight is 229 g/mol. The molecule has 0 spiro atoms. The standard InChI is InChI=1S/C5H12INO/c1-3-7(4-2)8-5-6/h3-5H2,1-2H3. The van der Waals surface area contributed by atoms with Crippen molar-refractivity contribution in [3.8, 4) is 0 Å². The molecule has 0 rings (SSSR count). The van der Waals surface area contributed by atoms with Gasteiger partial charge < -0.3 is 0 Å². The molecule has 2 nitrogen and oxygen atoms in total. The maximum absolute atomic E-state index is 5.16. The van der Waals surface area contributed by atoms with Crippen molar-refractivity contribution in [3.05, 3.63) is 0 Å². The fourth-order valence-corrected chi connectivity index (χ4v) is 0.869. The van der Waals surface area contributed by atoms with Crippen molar-refractivity contribution < 1.29 is 4.84 Å². The van der Waals surface area contributed by atoms with Crippen LogP contribution in [0.15, 0.2) is 0 Å². The van der Waals surface area contributed by atoms with Crippen LogP contribution in [-0.4, -0.2) is 22.8 Å². The minimum absolute atomic E-state index is 0.749. The molecule has 0 aliphatic heterocycles. The van der Waals surface area contributed by atoms with Crippen molar-refractivity contribution in [1.29, 1.82) is 0 Å². The van der Waals surface area contributed by atoms with Crippen molar-refractivity contribution in [1.82, 2.24) is 5.06 Å². The highest BCUT2D eigenvalue weighted by molar-refractivity contribution is 14.1. The Hall–Kier alpha value is 0.650. The Morgan fingerprint density at radius 1 is 1.38 bits per heavy atom. The maximum Gasteiger partial charge on any atom is 0.120 e. The summed E-state index contributed by atoms with van der Waals surface area (Å²) < 4.78 is 0.749. The molecule has 3 heteroatoms. The van der Waals surface area contributed by atoms with Gasteiger partial charge in [-0.1, -0.05) is 36.4 Å². The fraction of sp³-hybridized carbons (Fsp3) is 1.00. The van der Waals surface area contributed by atoms with Gasteiger partial charge >= 0.3 is 0 Å². The number of rotatable bonds is 4. The Balaban J connectivity index is 3.07. The van der Waals surface area contributed by atoms with Crippen LogP contribution in [0.4, 0.5) is 0 Å². The van der Waals surface area contributed by atoms with Gasteiger partial charge in [0.2, 0.25) is 0 Å². The molecule has 0 aliphatic rings. The summed E-state index contributed by atoms with van der Waals surface area (Å²) in [7, 11) is 0. The molecule has 0 aromatic carbocycles. The molecule has 0 saturated carbocycles. The zero-order valence-corrected chi connectivity index (χ0v) is 7.51. The highest BCUT2D eigenvalue weighted by Gasteiger charge is 1.93. The molecule has 0 N–H and O–H groups in total. The van der Waals surface area contributed by atoms with E-state index in [0.29, 0.717) is 0 Å². The van der Waals surface area contributed by atoms with E-state index in [2.05, 4.69) is 36.4 Å². The Labute approximate surface area is 64.3 Å². The smallest absolute Gasteiger partial charge is 0.120 e. The molecule has 0 heterocycles. The van der Waals surface area contributed by atoms with Gasteiger partial charge in [0, 0.05) is 13.1 Å². The third-order valence-electron chi connectivity index (χ3n) is 0.937. The highest BCUT2D eigenvalue weighted by atomic mass is 127. The average Bonchev–Trinajstić information content (AvgIpc) is 1.83. The number of alkyl halides is 1. The van der Waals surface area contributed by atoms with E-state index in [1.165, 1.54) is 0 Å². The number of hydrogen-bond acceptors (Lipinski definition) is 2. The predicted octanol–water partition coefficient (Wildman–Crippen LogP) is 1.65. The van der Waals surface area contributed by atoms with Crippen molar-refractivity contribution in [2.45, 2.75) is 13.8 Å². The molecule has 0 atom stereocenters. The van der Waals surface area contributed by atoms with E-state index in [9.17, 15) is 0 Å². The van der Waals surface area contributed by atoms with Crippen LogP contribution in [0.25, 0.3) is 0 Å². The Bertz CT molecular complexity index is 47.7. The van der Waals surface area contributed by atoms with Crippen LogP contribution >= 0.6 is 22.6 Å². The Morgan fingerprint density at radius 3 is 2.00 bits per heavy atom. The minimum atomic E-state index is 0.749. The van der Waals surface area contributed by atoms with Crippen LogP contribution in [-0.2, 0) is 4.84 Å². The lowest BCUT2D eigenvalue weighted by atomic mass is 10.6. The van der Waals surface area contributed by atoms with E-state index in [0.717, 1.165) is 17.7 Å². The quantitative estimate of drug-likeness (QED) is 0.413. The zero-order chi connectivity index (χ0) is 6.41. The summed E-state index contributed by atoms with van der Waals surface area (Å²) in [6.45, 7) is 6.10. The zero-order valence-electron chi connectivity index (χ0n) is 5.35. The molecule has 0 amide bonds. The van der Waals surface area contributed by atoms with Crippen molar-refractivity contribution in [3.63, 3.8) is 0 Å². The first-order chi connectivity index (χ1) is 3.85. The van der Waals surface area contributed by atoms with Crippen LogP contribution in [0.2, 0.25) is 0 Å².